The molecule has 0 saturated heterocycles. The van der Waals surface area contributed by atoms with Crippen molar-refractivity contribution >= 4 is 33.8 Å². The highest BCUT2D eigenvalue weighted by Crippen LogP contribution is 2.15. The van der Waals surface area contributed by atoms with Crippen LogP contribution in [-0.4, -0.2) is 14.9 Å². The number of carbonyl (C=O) groups excluding carboxylic acids is 1. The van der Waals surface area contributed by atoms with Crippen molar-refractivity contribution in [1.29, 1.82) is 5.41 Å². The van der Waals surface area contributed by atoms with Gasteiger partial charge >= 0.3 is 0 Å². The molecular weight excluding hydrogens is 394 g/mol. The molecule has 2 aromatic carbocycles. The van der Waals surface area contributed by atoms with Crippen molar-refractivity contribution in [3.05, 3.63) is 89.9 Å². The molecule has 0 aliphatic rings. The first kappa shape index (κ1) is 17.9. The molecule has 5 nitrogen and oxygen atoms in total. The summed E-state index contributed by atoms with van der Waals surface area (Å²) in [4.78, 5) is 12.4. The van der Waals surface area contributed by atoms with Crippen LogP contribution >= 0.6 is 17.0 Å². The fraction of sp³-hybridized carbons (Fsp3) is 0.100. The minimum absolute atomic E-state index is 0. The van der Waals surface area contributed by atoms with Crippen molar-refractivity contribution in [2.45, 2.75) is 13.1 Å². The number of benzene rings is 2. The maximum atomic E-state index is 12.4. The number of furan rings is 1. The Morgan fingerprint density at radius 3 is 2.19 bits per heavy atom. The van der Waals surface area contributed by atoms with Gasteiger partial charge in [0, 0.05) is 0 Å². The van der Waals surface area contributed by atoms with Crippen molar-refractivity contribution in [1.82, 2.24) is 9.13 Å². The molecule has 6 heteroatoms. The number of rotatable bonds is 5. The number of halogens is 1. The number of carbonyl (C=O) groups is 1. The SMILES string of the molecule is Br.N=c1n(CC(=O)c2ccco2)c2ccccc2n1Cc1ccccc1. The topological polar surface area (TPSA) is 63.9 Å². The lowest BCUT2D eigenvalue weighted by molar-refractivity contribution is 0.0944. The van der Waals surface area contributed by atoms with Gasteiger partial charge in [0.1, 0.15) is 0 Å². The molecule has 0 radical (unpaired) electrons. The summed E-state index contributed by atoms with van der Waals surface area (Å²) >= 11 is 0. The van der Waals surface area contributed by atoms with Crippen molar-refractivity contribution in [3.63, 3.8) is 0 Å². The van der Waals surface area contributed by atoms with E-state index in [2.05, 4.69) is 0 Å². The molecule has 0 fully saturated rings. The molecule has 0 aliphatic heterocycles. The van der Waals surface area contributed by atoms with E-state index in [4.69, 9.17) is 9.83 Å². The van der Waals surface area contributed by atoms with E-state index in [0.29, 0.717) is 17.9 Å². The van der Waals surface area contributed by atoms with Gasteiger partial charge in [0.25, 0.3) is 0 Å². The highest BCUT2D eigenvalue weighted by molar-refractivity contribution is 8.93. The molecule has 26 heavy (non-hydrogen) atoms. The smallest absolute Gasteiger partial charge is 0.217 e. The van der Waals surface area contributed by atoms with Gasteiger partial charge in [0.2, 0.25) is 11.4 Å². The number of hydrogen-bond donors (Lipinski definition) is 1. The summed E-state index contributed by atoms with van der Waals surface area (Å²) in [7, 11) is 0. The van der Waals surface area contributed by atoms with Crippen LogP contribution in [-0.2, 0) is 13.1 Å². The number of hydrogen-bond acceptors (Lipinski definition) is 3. The van der Waals surface area contributed by atoms with Crippen LogP contribution in [0.5, 0.6) is 0 Å². The number of nitrogens with one attached hydrogen (secondary N) is 1. The minimum Gasteiger partial charge on any atom is -0.461 e. The molecule has 4 rings (SSSR count). The Labute approximate surface area is 160 Å². The van der Waals surface area contributed by atoms with Gasteiger partial charge in [0.05, 0.1) is 30.4 Å². The predicted octanol–water partition coefficient (Wildman–Crippen LogP) is 4.02. The zero-order valence-electron chi connectivity index (χ0n) is 14.0. The number of ketones is 1. The minimum atomic E-state index is -0.147. The van der Waals surface area contributed by atoms with E-state index >= 15 is 0 Å². The van der Waals surface area contributed by atoms with Gasteiger partial charge in [-0.05, 0) is 29.8 Å². The molecule has 4 aromatic rings. The summed E-state index contributed by atoms with van der Waals surface area (Å²) in [5, 5.41) is 8.59. The zero-order valence-corrected chi connectivity index (χ0v) is 15.7. The van der Waals surface area contributed by atoms with E-state index in [-0.39, 0.29) is 29.3 Å². The van der Waals surface area contributed by atoms with E-state index in [1.54, 1.807) is 16.7 Å². The Balaban J connectivity index is 0.00000196. The fourth-order valence-corrected chi connectivity index (χ4v) is 3.04. The second kappa shape index (κ2) is 7.58. The lowest BCUT2D eigenvalue weighted by atomic mass is 10.2. The third-order valence-electron chi connectivity index (χ3n) is 4.26. The van der Waals surface area contributed by atoms with Crippen molar-refractivity contribution < 1.29 is 9.21 Å². The Morgan fingerprint density at radius 1 is 0.885 bits per heavy atom. The maximum absolute atomic E-state index is 12.4. The van der Waals surface area contributed by atoms with Crippen LogP contribution in [0.1, 0.15) is 16.1 Å². The Morgan fingerprint density at radius 2 is 1.54 bits per heavy atom. The summed E-state index contributed by atoms with van der Waals surface area (Å²) in [6.45, 7) is 0.663. The van der Waals surface area contributed by atoms with Gasteiger partial charge in [-0.1, -0.05) is 42.5 Å². The van der Waals surface area contributed by atoms with Gasteiger partial charge in [-0.15, -0.1) is 17.0 Å². The molecule has 0 bridgehead atoms. The summed E-state index contributed by atoms with van der Waals surface area (Å²) in [5.74, 6) is 0.165. The van der Waals surface area contributed by atoms with Crippen LogP contribution in [0.15, 0.2) is 77.4 Å². The quantitative estimate of drug-likeness (QED) is 0.504. The van der Waals surface area contributed by atoms with Crippen LogP contribution in [0.4, 0.5) is 0 Å². The first-order valence-corrected chi connectivity index (χ1v) is 8.07. The van der Waals surface area contributed by atoms with Crippen LogP contribution in [0.3, 0.4) is 0 Å². The maximum Gasteiger partial charge on any atom is 0.217 e. The van der Waals surface area contributed by atoms with Gasteiger partial charge in [-0.25, -0.2) is 0 Å². The summed E-state index contributed by atoms with van der Waals surface area (Å²) in [6, 6.07) is 21.1. The Bertz CT molecular complexity index is 1080. The third-order valence-corrected chi connectivity index (χ3v) is 4.26. The largest absolute Gasteiger partial charge is 0.461 e. The van der Waals surface area contributed by atoms with E-state index in [1.807, 2.05) is 59.2 Å². The van der Waals surface area contributed by atoms with E-state index in [9.17, 15) is 4.79 Å². The second-order valence-corrected chi connectivity index (χ2v) is 5.87. The van der Waals surface area contributed by atoms with E-state index in [1.165, 1.54) is 6.26 Å². The molecule has 0 atom stereocenters. The lowest BCUT2D eigenvalue weighted by Crippen LogP contribution is -2.27. The lowest BCUT2D eigenvalue weighted by Gasteiger charge is -2.04. The highest BCUT2D eigenvalue weighted by Gasteiger charge is 2.16. The van der Waals surface area contributed by atoms with Crippen LogP contribution < -0.4 is 5.62 Å². The van der Waals surface area contributed by atoms with E-state index < -0.39 is 0 Å². The number of para-hydroxylation sites is 2. The molecule has 0 unspecified atom stereocenters. The summed E-state index contributed by atoms with van der Waals surface area (Å²) in [5.41, 5.74) is 3.21. The third kappa shape index (κ3) is 3.28. The summed E-state index contributed by atoms with van der Waals surface area (Å²) in [6.07, 6.45) is 1.48. The van der Waals surface area contributed by atoms with Crippen LogP contribution in [0.2, 0.25) is 0 Å². The average molecular weight is 412 g/mol. The first-order valence-electron chi connectivity index (χ1n) is 8.07. The highest BCUT2D eigenvalue weighted by atomic mass is 79.9. The molecule has 2 heterocycles. The molecule has 0 spiro atoms. The Kier molecular flexibility index (Phi) is 5.23. The monoisotopic (exact) mass is 411 g/mol. The van der Waals surface area contributed by atoms with Gasteiger partial charge in [-0.3, -0.25) is 10.2 Å². The van der Waals surface area contributed by atoms with Gasteiger partial charge < -0.3 is 13.6 Å². The normalized spacial score (nSPS) is 10.6. The number of fused-ring (bicyclic) bond motifs is 1. The number of nitrogens with zero attached hydrogens (tertiary/aromatic N) is 2. The molecule has 2 aromatic heterocycles. The van der Waals surface area contributed by atoms with Crippen molar-refractivity contribution in [2.24, 2.45) is 0 Å². The van der Waals surface area contributed by atoms with Crippen LogP contribution in [0.25, 0.3) is 11.0 Å². The van der Waals surface area contributed by atoms with Crippen molar-refractivity contribution in [2.75, 3.05) is 0 Å². The number of Topliss-reactive ketones (excluding diaryl/α,β-unsaturated/α-hetero) is 1. The fourth-order valence-electron chi connectivity index (χ4n) is 3.04. The molecule has 0 saturated carbocycles. The Hall–Kier alpha value is -2.86. The van der Waals surface area contributed by atoms with Gasteiger partial charge in [-0.2, -0.15) is 0 Å². The second-order valence-electron chi connectivity index (χ2n) is 5.87. The standard InChI is InChI=1S/C20H17N3O2.BrH/c21-20-22(13-15-7-2-1-3-8-15)16-9-4-5-10-17(16)23(20)14-18(24)19-11-6-12-25-19;/h1-12,21H,13-14H2;1H. The molecule has 132 valence electrons. The summed E-state index contributed by atoms with van der Waals surface area (Å²) < 4.78 is 8.83. The zero-order chi connectivity index (χ0) is 17.2. The first-order chi connectivity index (χ1) is 12.2. The van der Waals surface area contributed by atoms with Crippen LogP contribution in [0, 0.1) is 5.41 Å². The number of aromatic nitrogens is 2. The molecule has 0 aliphatic carbocycles. The van der Waals surface area contributed by atoms with Gasteiger partial charge in [0.15, 0.2) is 5.76 Å². The van der Waals surface area contributed by atoms with E-state index in [0.717, 1.165) is 16.6 Å². The number of imidazole rings is 1. The molecular formula is C20H18BrN3O2. The average Bonchev–Trinajstić information content (AvgIpc) is 3.26. The van der Waals surface area contributed by atoms with Crippen molar-refractivity contribution in [3.8, 4) is 0 Å². The molecule has 1 N–H and O–H groups in total. The molecule has 0 amide bonds. The predicted molar refractivity (Wildman–Crippen MR) is 105 cm³/mol.